The minimum atomic E-state index is -4.58. The van der Waals surface area contributed by atoms with E-state index in [0.29, 0.717) is 41.0 Å². The molecule has 3 aromatic rings. The Morgan fingerprint density at radius 3 is 2.77 bits per heavy atom. The summed E-state index contributed by atoms with van der Waals surface area (Å²) in [6.45, 7) is 2.07. The Morgan fingerprint density at radius 1 is 1.17 bits per heavy atom. The summed E-state index contributed by atoms with van der Waals surface area (Å²) >= 11 is 0. The topological polar surface area (TPSA) is 76.6 Å². The highest BCUT2D eigenvalue weighted by atomic mass is 19.4. The number of rotatable bonds is 1. The van der Waals surface area contributed by atoms with Crippen molar-refractivity contribution < 1.29 is 31.8 Å². The van der Waals surface area contributed by atoms with Crippen molar-refractivity contribution >= 4 is 28.3 Å². The molecule has 35 heavy (non-hydrogen) atoms. The third-order valence-corrected chi connectivity index (χ3v) is 6.05. The van der Waals surface area contributed by atoms with E-state index in [1.165, 1.54) is 23.1 Å². The maximum Gasteiger partial charge on any atom is 0.419 e. The molecule has 1 atom stereocenters. The number of carbonyl (C=O) groups excluding carboxylic acids is 1. The summed E-state index contributed by atoms with van der Waals surface area (Å²) in [5.74, 6) is -0.453. The van der Waals surface area contributed by atoms with Crippen molar-refractivity contribution in [1.82, 2.24) is 9.97 Å². The molecule has 2 aromatic carbocycles. The number of carbonyl (C=O) groups is 1. The average molecular weight is 490 g/mol. The summed E-state index contributed by atoms with van der Waals surface area (Å²) in [5, 5.41) is 3.62. The van der Waals surface area contributed by atoms with Gasteiger partial charge in [0, 0.05) is 30.0 Å². The van der Waals surface area contributed by atoms with Crippen LogP contribution in [0.5, 0.6) is 5.75 Å². The molecule has 0 spiro atoms. The van der Waals surface area contributed by atoms with Gasteiger partial charge in [0.2, 0.25) is 0 Å². The lowest BCUT2D eigenvalue weighted by Crippen LogP contribution is -2.42. The molecule has 1 saturated heterocycles. The number of nitrogens with zero attached hydrogens (tertiary/aromatic N) is 3. The van der Waals surface area contributed by atoms with Gasteiger partial charge in [-0.25, -0.2) is 14.4 Å². The number of benzene rings is 2. The van der Waals surface area contributed by atoms with Gasteiger partial charge >= 0.3 is 6.18 Å². The van der Waals surface area contributed by atoms with Crippen molar-refractivity contribution in [3.05, 3.63) is 53.1 Å². The minimum Gasteiger partial charge on any atom is -0.493 e. The molecule has 11 heteroatoms. The Kier molecular flexibility index (Phi) is 5.96. The SMILES string of the molecule is C[C@H]1Nc2nc(nc3cc(F)c(N4CCOCC4=O)cc23)CCCOc2c1cccc2C(F)(F)F. The van der Waals surface area contributed by atoms with E-state index in [1.807, 2.05) is 0 Å². The summed E-state index contributed by atoms with van der Waals surface area (Å²) in [6.07, 6.45) is -3.88. The van der Waals surface area contributed by atoms with Crippen molar-refractivity contribution in [1.29, 1.82) is 0 Å². The Labute approximate surface area is 198 Å². The lowest BCUT2D eigenvalue weighted by molar-refractivity contribution is -0.139. The number of hydrogen-bond acceptors (Lipinski definition) is 6. The highest BCUT2D eigenvalue weighted by Crippen LogP contribution is 2.41. The fraction of sp³-hybridized carbons (Fsp3) is 0.375. The van der Waals surface area contributed by atoms with Gasteiger partial charge in [-0.2, -0.15) is 13.2 Å². The van der Waals surface area contributed by atoms with Crippen LogP contribution in [0.4, 0.5) is 29.1 Å². The molecule has 184 valence electrons. The van der Waals surface area contributed by atoms with Crippen molar-refractivity contribution in [2.75, 3.05) is 36.6 Å². The number of anilines is 2. The highest BCUT2D eigenvalue weighted by molar-refractivity contribution is 5.99. The van der Waals surface area contributed by atoms with Crippen molar-refractivity contribution in [2.45, 2.75) is 32.0 Å². The maximum absolute atomic E-state index is 15.0. The van der Waals surface area contributed by atoms with Crippen molar-refractivity contribution in [2.24, 2.45) is 0 Å². The van der Waals surface area contributed by atoms with Crippen LogP contribution in [-0.2, 0) is 22.1 Å². The second-order valence-corrected chi connectivity index (χ2v) is 8.45. The number of halogens is 4. The third kappa shape index (κ3) is 4.47. The fourth-order valence-corrected chi connectivity index (χ4v) is 4.36. The molecule has 2 bridgehead atoms. The van der Waals surface area contributed by atoms with Gasteiger partial charge in [0.1, 0.15) is 29.8 Å². The quantitative estimate of drug-likeness (QED) is 0.501. The first-order valence-electron chi connectivity index (χ1n) is 11.2. The van der Waals surface area contributed by atoms with Crippen molar-refractivity contribution in [3.63, 3.8) is 0 Å². The molecule has 0 saturated carbocycles. The predicted octanol–water partition coefficient (Wildman–Crippen LogP) is 4.65. The molecule has 2 aliphatic rings. The van der Waals surface area contributed by atoms with Crippen LogP contribution < -0.4 is 15.0 Å². The molecule has 0 radical (unpaired) electrons. The molecule has 0 unspecified atom stereocenters. The van der Waals surface area contributed by atoms with Crippen LogP contribution in [-0.4, -0.2) is 42.2 Å². The smallest absolute Gasteiger partial charge is 0.419 e. The second-order valence-electron chi connectivity index (χ2n) is 8.45. The fourth-order valence-electron chi connectivity index (χ4n) is 4.36. The molecular weight excluding hydrogens is 468 g/mol. The van der Waals surface area contributed by atoms with Crippen LogP contribution in [0.15, 0.2) is 30.3 Å². The first kappa shape index (κ1) is 23.3. The molecule has 0 aliphatic carbocycles. The second kappa shape index (κ2) is 8.95. The minimum absolute atomic E-state index is 0.0377. The number of ether oxygens (including phenoxy) is 2. The number of fused-ring (bicyclic) bond motifs is 5. The molecule has 3 heterocycles. The van der Waals surface area contributed by atoms with E-state index in [1.54, 1.807) is 13.0 Å². The summed E-state index contributed by atoms with van der Waals surface area (Å²) in [5.41, 5.74) is -0.122. The van der Waals surface area contributed by atoms with Crippen LogP contribution in [0.3, 0.4) is 0 Å². The van der Waals surface area contributed by atoms with Crippen LogP contribution in [0.25, 0.3) is 10.9 Å². The monoisotopic (exact) mass is 490 g/mol. The molecule has 1 amide bonds. The van der Waals surface area contributed by atoms with Gasteiger partial charge in [0.15, 0.2) is 0 Å². The van der Waals surface area contributed by atoms with Crippen LogP contribution >= 0.6 is 0 Å². The molecule has 1 fully saturated rings. The number of aromatic nitrogens is 2. The van der Waals surface area contributed by atoms with Gasteiger partial charge in [0.25, 0.3) is 5.91 Å². The zero-order valence-corrected chi connectivity index (χ0v) is 18.8. The summed E-state index contributed by atoms with van der Waals surface area (Å²) < 4.78 is 66.8. The Bertz CT molecular complexity index is 1300. The highest BCUT2D eigenvalue weighted by Gasteiger charge is 2.36. The number of alkyl halides is 3. The van der Waals surface area contributed by atoms with Crippen LogP contribution in [0.1, 0.15) is 36.3 Å². The lowest BCUT2D eigenvalue weighted by atomic mass is 10.0. The van der Waals surface area contributed by atoms with Crippen molar-refractivity contribution in [3.8, 4) is 5.75 Å². The van der Waals surface area contributed by atoms with E-state index in [2.05, 4.69) is 15.3 Å². The molecule has 1 N–H and O–H groups in total. The number of hydrogen-bond donors (Lipinski definition) is 1. The molecular formula is C24H22F4N4O3. The molecule has 5 rings (SSSR count). The molecule has 2 aliphatic heterocycles. The Balaban J connectivity index is 1.63. The lowest BCUT2D eigenvalue weighted by Gasteiger charge is -2.27. The average Bonchev–Trinajstić information content (AvgIpc) is 2.83. The largest absolute Gasteiger partial charge is 0.493 e. The van der Waals surface area contributed by atoms with E-state index in [0.717, 1.165) is 6.07 Å². The van der Waals surface area contributed by atoms with E-state index < -0.39 is 23.6 Å². The first-order chi connectivity index (χ1) is 16.7. The zero-order valence-electron chi connectivity index (χ0n) is 18.8. The number of para-hydroxylation sites is 1. The van der Waals surface area contributed by atoms with Gasteiger partial charge in [0.05, 0.1) is 36.0 Å². The summed E-state index contributed by atoms with van der Waals surface area (Å²) in [6, 6.07) is 6.02. The van der Waals surface area contributed by atoms with Gasteiger partial charge < -0.3 is 19.7 Å². The number of aryl methyl sites for hydroxylation is 1. The molecule has 7 nitrogen and oxygen atoms in total. The summed E-state index contributed by atoms with van der Waals surface area (Å²) in [7, 11) is 0. The summed E-state index contributed by atoms with van der Waals surface area (Å²) in [4.78, 5) is 22.7. The van der Waals surface area contributed by atoms with E-state index >= 15 is 4.39 Å². The number of morpholine rings is 1. The molecule has 1 aromatic heterocycles. The number of nitrogens with one attached hydrogen (secondary N) is 1. The van der Waals surface area contributed by atoms with E-state index in [9.17, 15) is 18.0 Å². The standard InChI is InChI=1S/C24H22F4N4O3/c1-13-14-4-2-5-16(24(26,27)28)22(14)35-8-3-6-20-30-18-11-17(25)19(10-15(18)23(29-13)31-20)32-7-9-34-12-21(32)33/h2,4-5,10-11,13H,3,6-9,12H2,1H3,(H,29,30,31)/t13-/m1/s1. The van der Waals surface area contributed by atoms with Gasteiger partial charge in [-0.05, 0) is 25.5 Å². The zero-order chi connectivity index (χ0) is 24.7. The Hall–Kier alpha value is -3.47. The normalized spacial score (nSPS) is 18.9. The van der Waals surface area contributed by atoms with E-state index in [-0.39, 0.29) is 43.7 Å². The van der Waals surface area contributed by atoms with Crippen LogP contribution in [0.2, 0.25) is 0 Å². The van der Waals surface area contributed by atoms with E-state index in [4.69, 9.17) is 9.47 Å². The third-order valence-electron chi connectivity index (χ3n) is 6.05. The first-order valence-corrected chi connectivity index (χ1v) is 11.2. The van der Waals surface area contributed by atoms with Gasteiger partial charge in [-0.1, -0.05) is 12.1 Å². The number of amides is 1. The van der Waals surface area contributed by atoms with Gasteiger partial charge in [-0.15, -0.1) is 0 Å². The Morgan fingerprint density at radius 2 is 2.00 bits per heavy atom. The maximum atomic E-state index is 15.0. The van der Waals surface area contributed by atoms with Crippen LogP contribution in [0, 0.1) is 5.82 Å². The van der Waals surface area contributed by atoms with Gasteiger partial charge in [-0.3, -0.25) is 4.79 Å². The predicted molar refractivity (Wildman–Crippen MR) is 120 cm³/mol.